The number of hydrogen-bond donors (Lipinski definition) is 1. The Morgan fingerprint density at radius 3 is 2.54 bits per heavy atom. The lowest BCUT2D eigenvalue weighted by molar-refractivity contribution is 0.601. The van der Waals surface area contributed by atoms with Gasteiger partial charge in [-0.3, -0.25) is 4.72 Å². The predicted octanol–water partition coefficient (Wildman–Crippen LogP) is 3.19. The molecule has 3 aromatic rings. The van der Waals surface area contributed by atoms with E-state index in [4.69, 9.17) is 5.26 Å². The smallest absolute Gasteiger partial charge is 0.262 e. The van der Waals surface area contributed by atoms with Crippen LogP contribution in [0.15, 0.2) is 59.6 Å². The molecule has 0 aliphatic carbocycles. The fraction of sp³-hybridized carbons (Fsp3) is 0.111. The number of hydrogen-bond acceptors (Lipinski definition) is 4. The Balaban J connectivity index is 1.89. The Bertz CT molecular complexity index is 1080. The summed E-state index contributed by atoms with van der Waals surface area (Å²) in [6.45, 7) is 1.65. The van der Waals surface area contributed by atoms with Crippen LogP contribution in [0, 0.1) is 24.1 Å². The number of nitriles is 1. The topological polar surface area (TPSA) is 87.8 Å². The van der Waals surface area contributed by atoms with Gasteiger partial charge in [0.25, 0.3) is 10.0 Å². The first-order valence-electron chi connectivity index (χ1n) is 7.70. The van der Waals surface area contributed by atoms with Gasteiger partial charge in [-0.15, -0.1) is 0 Å². The normalized spacial score (nSPS) is 11.1. The average molecular weight is 370 g/mol. The first-order valence-corrected chi connectivity index (χ1v) is 9.19. The summed E-state index contributed by atoms with van der Waals surface area (Å²) in [5.74, 6) is -0.457. The van der Waals surface area contributed by atoms with Crippen molar-refractivity contribution >= 4 is 15.7 Å². The number of sulfonamides is 1. The summed E-state index contributed by atoms with van der Waals surface area (Å²) >= 11 is 0. The molecule has 0 radical (unpaired) electrons. The lowest BCUT2D eigenvalue weighted by Gasteiger charge is -2.09. The SMILES string of the molecule is Cc1c(NS(=O)(=O)c2ccc(CC#N)cc2)cnn1-c1ccccc1F. The Hall–Kier alpha value is -3.18. The van der Waals surface area contributed by atoms with Crippen LogP contribution in [0.2, 0.25) is 0 Å². The molecule has 0 bridgehead atoms. The van der Waals surface area contributed by atoms with Crippen molar-refractivity contribution < 1.29 is 12.8 Å². The van der Waals surface area contributed by atoms with Crippen LogP contribution in [0.25, 0.3) is 5.69 Å². The number of benzene rings is 2. The zero-order valence-electron chi connectivity index (χ0n) is 13.8. The molecule has 3 rings (SSSR count). The molecule has 132 valence electrons. The fourth-order valence-corrected chi connectivity index (χ4v) is 3.56. The summed E-state index contributed by atoms with van der Waals surface area (Å²) in [5.41, 5.74) is 1.68. The Morgan fingerprint density at radius 2 is 1.88 bits per heavy atom. The summed E-state index contributed by atoms with van der Waals surface area (Å²) in [6, 6.07) is 14.2. The maximum absolute atomic E-state index is 13.9. The van der Waals surface area contributed by atoms with Crippen molar-refractivity contribution in [3.05, 3.63) is 71.8 Å². The number of anilines is 1. The van der Waals surface area contributed by atoms with E-state index in [0.717, 1.165) is 5.56 Å². The van der Waals surface area contributed by atoms with Crippen molar-refractivity contribution in [3.63, 3.8) is 0 Å². The van der Waals surface area contributed by atoms with Gasteiger partial charge in [-0.1, -0.05) is 24.3 Å². The van der Waals surface area contributed by atoms with E-state index in [0.29, 0.717) is 5.69 Å². The second-order valence-electron chi connectivity index (χ2n) is 5.59. The molecule has 26 heavy (non-hydrogen) atoms. The van der Waals surface area contributed by atoms with Crippen LogP contribution in [0.5, 0.6) is 0 Å². The van der Waals surface area contributed by atoms with E-state index < -0.39 is 15.8 Å². The minimum atomic E-state index is -3.83. The molecule has 1 N–H and O–H groups in total. The van der Waals surface area contributed by atoms with Crippen molar-refractivity contribution in [3.8, 4) is 11.8 Å². The first-order chi connectivity index (χ1) is 12.4. The van der Waals surface area contributed by atoms with Gasteiger partial charge >= 0.3 is 0 Å². The second-order valence-corrected chi connectivity index (χ2v) is 7.27. The van der Waals surface area contributed by atoms with Gasteiger partial charge in [0.1, 0.15) is 11.5 Å². The van der Waals surface area contributed by atoms with E-state index in [2.05, 4.69) is 9.82 Å². The van der Waals surface area contributed by atoms with Crippen LogP contribution in [-0.4, -0.2) is 18.2 Å². The molecule has 1 heterocycles. The minimum absolute atomic E-state index is 0.0669. The molecule has 0 atom stereocenters. The van der Waals surface area contributed by atoms with Crippen LogP contribution in [0.1, 0.15) is 11.3 Å². The lowest BCUT2D eigenvalue weighted by Crippen LogP contribution is -2.13. The summed E-state index contributed by atoms with van der Waals surface area (Å²) < 4.78 is 42.8. The molecule has 0 amide bonds. The average Bonchev–Trinajstić information content (AvgIpc) is 2.96. The van der Waals surface area contributed by atoms with Crippen LogP contribution in [0.3, 0.4) is 0 Å². The second kappa shape index (κ2) is 6.98. The largest absolute Gasteiger partial charge is 0.276 e. The molecule has 0 aliphatic heterocycles. The van der Waals surface area contributed by atoms with Crippen molar-refractivity contribution in [2.75, 3.05) is 4.72 Å². The Kier molecular flexibility index (Phi) is 4.73. The molecule has 0 fully saturated rings. The maximum Gasteiger partial charge on any atom is 0.262 e. The van der Waals surface area contributed by atoms with Gasteiger partial charge in [0.2, 0.25) is 0 Å². The van der Waals surface area contributed by atoms with E-state index in [1.807, 2.05) is 6.07 Å². The van der Waals surface area contributed by atoms with Crippen LogP contribution in [-0.2, 0) is 16.4 Å². The molecule has 0 unspecified atom stereocenters. The van der Waals surface area contributed by atoms with Gasteiger partial charge < -0.3 is 0 Å². The molecule has 1 aromatic heterocycles. The maximum atomic E-state index is 13.9. The van der Waals surface area contributed by atoms with Crippen LogP contribution < -0.4 is 4.72 Å². The Labute approximate surface area is 150 Å². The summed E-state index contributed by atoms with van der Waals surface area (Å²) in [5, 5.41) is 12.8. The number of halogens is 1. The monoisotopic (exact) mass is 370 g/mol. The molecule has 0 saturated heterocycles. The molecule has 8 heteroatoms. The highest BCUT2D eigenvalue weighted by molar-refractivity contribution is 7.92. The Morgan fingerprint density at radius 1 is 1.19 bits per heavy atom. The third-order valence-corrected chi connectivity index (χ3v) is 5.23. The van der Waals surface area contributed by atoms with Crippen LogP contribution in [0.4, 0.5) is 10.1 Å². The van der Waals surface area contributed by atoms with E-state index >= 15 is 0 Å². The fourth-order valence-electron chi connectivity index (χ4n) is 2.46. The van der Waals surface area contributed by atoms with Gasteiger partial charge in [-0.25, -0.2) is 17.5 Å². The standard InChI is InChI=1S/C18H15FN4O2S/c1-13-17(12-21-23(13)18-5-3-2-4-16(18)19)22-26(24,25)15-8-6-14(7-9-15)10-11-20/h2-9,12,22H,10H2,1H3. The predicted molar refractivity (Wildman–Crippen MR) is 94.8 cm³/mol. The number of nitrogens with one attached hydrogen (secondary N) is 1. The van der Waals surface area contributed by atoms with Crippen molar-refractivity contribution in [1.82, 2.24) is 9.78 Å². The van der Waals surface area contributed by atoms with Crippen molar-refractivity contribution in [1.29, 1.82) is 5.26 Å². The third-order valence-electron chi connectivity index (χ3n) is 3.85. The number of nitrogens with zero attached hydrogens (tertiary/aromatic N) is 3. The van der Waals surface area contributed by atoms with E-state index in [1.54, 1.807) is 37.3 Å². The number of para-hydroxylation sites is 1. The summed E-state index contributed by atoms with van der Waals surface area (Å²) in [6.07, 6.45) is 1.55. The van der Waals surface area contributed by atoms with E-state index in [9.17, 15) is 12.8 Å². The van der Waals surface area contributed by atoms with Crippen LogP contribution >= 0.6 is 0 Å². The molecule has 2 aromatic carbocycles. The van der Waals surface area contributed by atoms with Gasteiger partial charge in [0.15, 0.2) is 0 Å². The highest BCUT2D eigenvalue weighted by atomic mass is 32.2. The number of aromatic nitrogens is 2. The zero-order chi connectivity index (χ0) is 18.7. The minimum Gasteiger partial charge on any atom is -0.276 e. The quantitative estimate of drug-likeness (QED) is 0.747. The molecule has 0 spiro atoms. The zero-order valence-corrected chi connectivity index (χ0v) is 14.7. The molecular weight excluding hydrogens is 355 g/mol. The molecular formula is C18H15FN4O2S. The van der Waals surface area contributed by atoms with Gasteiger partial charge in [0.05, 0.1) is 35.0 Å². The molecule has 6 nitrogen and oxygen atoms in total. The van der Waals surface area contributed by atoms with E-state index in [1.165, 1.54) is 29.1 Å². The first kappa shape index (κ1) is 17.6. The molecule has 0 aliphatic rings. The summed E-state index contributed by atoms with van der Waals surface area (Å²) in [4.78, 5) is 0.0669. The lowest BCUT2D eigenvalue weighted by atomic mass is 10.2. The van der Waals surface area contributed by atoms with Crippen molar-refractivity contribution in [2.45, 2.75) is 18.2 Å². The highest BCUT2D eigenvalue weighted by Gasteiger charge is 2.18. The van der Waals surface area contributed by atoms with Gasteiger partial charge in [-0.05, 0) is 36.8 Å². The third kappa shape index (κ3) is 3.43. The van der Waals surface area contributed by atoms with Gasteiger partial charge in [-0.2, -0.15) is 10.4 Å². The number of rotatable bonds is 5. The van der Waals surface area contributed by atoms with Gasteiger partial charge in [0, 0.05) is 0 Å². The molecule has 0 saturated carbocycles. The van der Waals surface area contributed by atoms with Crippen molar-refractivity contribution in [2.24, 2.45) is 0 Å². The highest BCUT2D eigenvalue weighted by Crippen LogP contribution is 2.23. The summed E-state index contributed by atoms with van der Waals surface area (Å²) in [7, 11) is -3.83. The van der Waals surface area contributed by atoms with E-state index in [-0.39, 0.29) is 22.7 Å².